The molecule has 142 valence electrons. The number of aromatic nitrogens is 2. The number of benzene rings is 1. The number of fused-ring (bicyclic) bond motifs is 1. The van der Waals surface area contributed by atoms with Gasteiger partial charge < -0.3 is 10.4 Å². The summed E-state index contributed by atoms with van der Waals surface area (Å²) in [5.74, 6) is -1.39. The third-order valence-corrected chi connectivity index (χ3v) is 6.61. The van der Waals surface area contributed by atoms with E-state index in [1.165, 1.54) is 22.7 Å². The van der Waals surface area contributed by atoms with Gasteiger partial charge in [0.25, 0.3) is 5.91 Å². The van der Waals surface area contributed by atoms with Crippen LogP contribution in [0.1, 0.15) is 31.3 Å². The van der Waals surface area contributed by atoms with Gasteiger partial charge in [-0.05, 0) is 25.5 Å². The van der Waals surface area contributed by atoms with Crippen molar-refractivity contribution in [2.24, 2.45) is 7.05 Å². The number of nitrogens with one attached hydrogen (secondary N) is 1. The summed E-state index contributed by atoms with van der Waals surface area (Å²) in [4.78, 5) is 26.1. The number of carbonyl (C=O) groups is 2. The van der Waals surface area contributed by atoms with Gasteiger partial charge in [0.1, 0.15) is 15.4 Å². The average Bonchev–Trinajstić information content (AvgIpc) is 3.32. The van der Waals surface area contributed by atoms with Crippen LogP contribution in [0.3, 0.4) is 0 Å². The first-order valence-electron chi connectivity index (χ1n) is 8.51. The first kappa shape index (κ1) is 18.4. The maximum absolute atomic E-state index is 12.8. The number of anilines is 1. The Morgan fingerprint density at radius 3 is 2.54 bits per heavy atom. The van der Waals surface area contributed by atoms with E-state index in [1.54, 1.807) is 16.1 Å². The van der Waals surface area contributed by atoms with Gasteiger partial charge in [-0.15, -0.1) is 22.7 Å². The molecule has 0 spiro atoms. The molecule has 3 aromatic heterocycles. The van der Waals surface area contributed by atoms with Crippen LogP contribution in [0.25, 0.3) is 21.3 Å². The highest BCUT2D eigenvalue weighted by Crippen LogP contribution is 2.36. The second kappa shape index (κ2) is 6.88. The van der Waals surface area contributed by atoms with Crippen molar-refractivity contribution in [1.82, 2.24) is 9.78 Å². The number of carboxylic acid groups (broad SMARTS) is 1. The number of aryl methyl sites for hydroxylation is 3. The molecular weight excluding hydrogens is 394 g/mol. The van der Waals surface area contributed by atoms with Crippen molar-refractivity contribution in [3.8, 4) is 11.1 Å². The van der Waals surface area contributed by atoms with Crippen molar-refractivity contribution in [3.05, 3.63) is 57.4 Å². The number of thiophene rings is 2. The predicted octanol–water partition coefficient (Wildman–Crippen LogP) is 4.93. The molecule has 1 aromatic carbocycles. The normalized spacial score (nSPS) is 11.1. The van der Waals surface area contributed by atoms with Crippen LogP contribution in [-0.4, -0.2) is 26.8 Å². The predicted molar refractivity (Wildman–Crippen MR) is 113 cm³/mol. The van der Waals surface area contributed by atoms with Crippen molar-refractivity contribution >= 4 is 49.8 Å². The van der Waals surface area contributed by atoms with Gasteiger partial charge in [0.2, 0.25) is 0 Å². The lowest BCUT2D eigenvalue weighted by molar-refractivity contribution is 0.0699. The third-order valence-electron chi connectivity index (χ3n) is 4.51. The zero-order chi connectivity index (χ0) is 20.0. The molecule has 2 N–H and O–H groups in total. The second-order valence-electron chi connectivity index (χ2n) is 6.52. The maximum atomic E-state index is 12.8. The molecule has 0 unspecified atom stereocenters. The summed E-state index contributed by atoms with van der Waals surface area (Å²) >= 11 is 2.55. The van der Waals surface area contributed by atoms with Crippen LogP contribution in [0.2, 0.25) is 0 Å². The van der Waals surface area contributed by atoms with E-state index < -0.39 is 5.97 Å². The van der Waals surface area contributed by atoms with E-state index in [9.17, 15) is 14.7 Å². The van der Waals surface area contributed by atoms with Gasteiger partial charge in [-0.2, -0.15) is 5.10 Å². The van der Waals surface area contributed by atoms with Crippen molar-refractivity contribution in [2.45, 2.75) is 13.8 Å². The Kier molecular flexibility index (Phi) is 4.52. The van der Waals surface area contributed by atoms with Crippen LogP contribution in [0, 0.1) is 13.8 Å². The fraction of sp³-hybridized carbons (Fsp3) is 0.150. The Bertz CT molecular complexity index is 1180. The quantitative estimate of drug-likeness (QED) is 0.499. The molecule has 4 rings (SSSR count). The largest absolute Gasteiger partial charge is 0.478 e. The maximum Gasteiger partial charge on any atom is 0.339 e. The summed E-state index contributed by atoms with van der Waals surface area (Å²) in [5.41, 5.74) is 3.48. The van der Waals surface area contributed by atoms with Crippen molar-refractivity contribution in [3.63, 3.8) is 0 Å². The minimum atomic E-state index is -1.07. The molecule has 6 nitrogen and oxygen atoms in total. The zero-order valence-electron chi connectivity index (χ0n) is 15.4. The smallest absolute Gasteiger partial charge is 0.339 e. The topological polar surface area (TPSA) is 84.2 Å². The van der Waals surface area contributed by atoms with Crippen LogP contribution in [0.15, 0.2) is 35.7 Å². The lowest BCUT2D eigenvalue weighted by Gasteiger charge is -2.05. The van der Waals surface area contributed by atoms with Crippen LogP contribution in [-0.2, 0) is 7.05 Å². The third kappa shape index (κ3) is 3.10. The van der Waals surface area contributed by atoms with Crippen LogP contribution < -0.4 is 5.32 Å². The number of amides is 1. The lowest BCUT2D eigenvalue weighted by atomic mass is 10.0. The van der Waals surface area contributed by atoms with Gasteiger partial charge in [0.05, 0.1) is 10.6 Å². The Labute approximate surface area is 169 Å². The van der Waals surface area contributed by atoms with Crippen LogP contribution >= 0.6 is 22.7 Å². The first-order chi connectivity index (χ1) is 13.3. The van der Waals surface area contributed by atoms with E-state index in [4.69, 9.17) is 0 Å². The van der Waals surface area contributed by atoms with Crippen molar-refractivity contribution in [2.75, 3.05) is 5.32 Å². The number of hydrogen-bond donors (Lipinski definition) is 2. The summed E-state index contributed by atoms with van der Waals surface area (Å²) in [6.07, 6.45) is 0. The molecule has 0 saturated carbocycles. The molecule has 28 heavy (non-hydrogen) atoms. The number of hydrogen-bond acceptors (Lipinski definition) is 5. The van der Waals surface area contributed by atoms with E-state index in [0.717, 1.165) is 27.0 Å². The average molecular weight is 412 g/mol. The monoisotopic (exact) mass is 411 g/mol. The number of aromatic carboxylic acids is 1. The summed E-state index contributed by atoms with van der Waals surface area (Å²) in [5, 5.41) is 19.9. The second-order valence-corrected chi connectivity index (χ2v) is 8.43. The Morgan fingerprint density at radius 2 is 1.89 bits per heavy atom. The van der Waals surface area contributed by atoms with Crippen LogP contribution in [0.5, 0.6) is 0 Å². The van der Waals surface area contributed by atoms with Gasteiger partial charge in [-0.25, -0.2) is 4.79 Å². The molecule has 0 aliphatic rings. The fourth-order valence-electron chi connectivity index (χ4n) is 3.09. The van der Waals surface area contributed by atoms with Crippen molar-refractivity contribution < 1.29 is 14.7 Å². The number of carboxylic acids is 1. The van der Waals surface area contributed by atoms with E-state index in [1.807, 2.05) is 45.2 Å². The molecule has 4 aromatic rings. The van der Waals surface area contributed by atoms with Crippen molar-refractivity contribution in [1.29, 1.82) is 0 Å². The standard InChI is InChI=1S/C20H17N3O3S2/c1-10-4-6-12(7-5-10)14-9-27-18(16(14)20(25)26)21-17(24)15-8-13-11(2)22-23(3)19(13)28-15/h4-9H,1-3H3,(H,21,24)(H,25,26). The molecule has 0 aliphatic heterocycles. The molecule has 0 saturated heterocycles. The number of carbonyl (C=O) groups excluding carboxylic acids is 1. The number of rotatable bonds is 4. The Balaban J connectivity index is 1.68. The Morgan fingerprint density at radius 1 is 1.18 bits per heavy atom. The number of nitrogens with zero attached hydrogens (tertiary/aromatic N) is 2. The summed E-state index contributed by atoms with van der Waals surface area (Å²) in [6, 6.07) is 9.44. The van der Waals surface area contributed by atoms with Crippen LogP contribution in [0.4, 0.5) is 5.00 Å². The highest BCUT2D eigenvalue weighted by molar-refractivity contribution is 7.20. The SMILES string of the molecule is Cc1ccc(-c2csc(NC(=O)c3cc4c(C)nn(C)c4s3)c2C(=O)O)cc1. The molecule has 0 atom stereocenters. The van der Waals surface area contributed by atoms with Gasteiger partial charge in [0, 0.05) is 23.4 Å². The molecule has 0 radical (unpaired) electrons. The summed E-state index contributed by atoms with van der Waals surface area (Å²) in [7, 11) is 1.84. The van der Waals surface area contributed by atoms with E-state index in [-0.39, 0.29) is 11.5 Å². The minimum absolute atomic E-state index is 0.112. The molecular formula is C20H17N3O3S2. The molecule has 3 heterocycles. The highest BCUT2D eigenvalue weighted by Gasteiger charge is 2.23. The Hall–Kier alpha value is -2.97. The van der Waals surface area contributed by atoms with E-state index in [0.29, 0.717) is 15.4 Å². The molecule has 1 amide bonds. The van der Waals surface area contributed by atoms with E-state index in [2.05, 4.69) is 10.4 Å². The highest BCUT2D eigenvalue weighted by atomic mass is 32.1. The first-order valence-corrected chi connectivity index (χ1v) is 10.2. The molecule has 0 fully saturated rings. The summed E-state index contributed by atoms with van der Waals surface area (Å²) < 4.78 is 1.75. The molecule has 8 heteroatoms. The summed E-state index contributed by atoms with van der Waals surface area (Å²) in [6.45, 7) is 3.87. The van der Waals surface area contributed by atoms with Gasteiger partial charge in [-0.3, -0.25) is 9.48 Å². The van der Waals surface area contributed by atoms with E-state index >= 15 is 0 Å². The molecule has 0 aliphatic carbocycles. The van der Waals surface area contributed by atoms with Gasteiger partial charge >= 0.3 is 5.97 Å². The lowest BCUT2D eigenvalue weighted by Crippen LogP contribution is -2.12. The zero-order valence-corrected chi connectivity index (χ0v) is 17.1. The minimum Gasteiger partial charge on any atom is -0.478 e. The molecule has 0 bridgehead atoms. The van der Waals surface area contributed by atoms with Gasteiger partial charge in [-0.1, -0.05) is 29.8 Å². The fourth-order valence-corrected chi connectivity index (χ4v) is 5.06. The van der Waals surface area contributed by atoms with Gasteiger partial charge in [0.15, 0.2) is 0 Å².